The summed E-state index contributed by atoms with van der Waals surface area (Å²) in [5, 5.41) is 118. The van der Waals surface area contributed by atoms with Gasteiger partial charge in [-0.2, -0.15) is 0 Å². The van der Waals surface area contributed by atoms with Crippen LogP contribution in [0.4, 0.5) is 0 Å². The van der Waals surface area contributed by atoms with E-state index in [4.69, 9.17) is 24.1 Å². The first-order valence-electron chi connectivity index (χ1n) is 10.5. The summed E-state index contributed by atoms with van der Waals surface area (Å²) in [6, 6.07) is 0. The molecule has 0 unspecified atom stereocenters. The molecular weight excluding hydrogens is 472 g/mol. The number of aliphatic hydroxyl groups is 12. The van der Waals surface area contributed by atoms with E-state index in [1.807, 2.05) is 0 Å². The molecule has 2 saturated heterocycles. The maximum Gasteiger partial charge on any atom is 0.187 e. The fourth-order valence-corrected chi connectivity index (χ4v) is 3.65. The zero-order chi connectivity index (χ0) is 25.7. The summed E-state index contributed by atoms with van der Waals surface area (Å²) in [6.07, 6.45) is -24.7. The normalized spacial score (nSPS) is 42.7. The van der Waals surface area contributed by atoms with Crippen molar-refractivity contribution in [2.45, 2.75) is 85.8 Å². The summed E-state index contributed by atoms with van der Waals surface area (Å²) in [4.78, 5) is 0. The third-order valence-corrected chi connectivity index (χ3v) is 5.74. The molecule has 0 aromatic rings. The van der Waals surface area contributed by atoms with Gasteiger partial charge in [-0.05, 0) is 0 Å². The van der Waals surface area contributed by atoms with Gasteiger partial charge in [0.2, 0.25) is 0 Å². The van der Waals surface area contributed by atoms with Crippen LogP contribution in [-0.2, 0) is 18.9 Å². The highest BCUT2D eigenvalue weighted by Crippen LogP contribution is 2.30. The van der Waals surface area contributed by atoms with Crippen molar-refractivity contribution in [1.82, 2.24) is 0 Å². The Labute approximate surface area is 193 Å². The van der Waals surface area contributed by atoms with Crippen molar-refractivity contribution in [3.05, 3.63) is 0 Å². The van der Waals surface area contributed by atoms with Gasteiger partial charge >= 0.3 is 0 Å². The molecule has 0 saturated carbocycles. The lowest BCUT2D eigenvalue weighted by molar-refractivity contribution is -0.367. The van der Waals surface area contributed by atoms with E-state index in [1.165, 1.54) is 0 Å². The molecule has 0 radical (unpaired) electrons. The van der Waals surface area contributed by atoms with Crippen molar-refractivity contribution in [3.63, 3.8) is 0 Å². The molecular formula is C18H34O16. The summed E-state index contributed by atoms with van der Waals surface area (Å²) in [5.41, 5.74) is 0. The van der Waals surface area contributed by atoms with Crippen molar-refractivity contribution in [2.75, 3.05) is 26.4 Å². The first kappa shape index (κ1) is 29.6. The minimum Gasteiger partial charge on any atom is -0.394 e. The Morgan fingerprint density at radius 3 is 1.68 bits per heavy atom. The van der Waals surface area contributed by atoms with E-state index >= 15 is 0 Å². The minimum absolute atomic E-state index is 0.757. The van der Waals surface area contributed by atoms with Crippen molar-refractivity contribution >= 4 is 0 Å². The minimum atomic E-state index is -1.98. The zero-order valence-electron chi connectivity index (χ0n) is 17.9. The molecule has 2 fully saturated rings. The second-order valence-electron chi connectivity index (χ2n) is 8.10. The van der Waals surface area contributed by atoms with E-state index in [0.29, 0.717) is 0 Å². The number of hydrogen-bond donors (Lipinski definition) is 12. The molecule has 16 nitrogen and oxygen atoms in total. The van der Waals surface area contributed by atoms with Crippen LogP contribution in [0.1, 0.15) is 0 Å². The lowest BCUT2D eigenvalue weighted by Crippen LogP contribution is -2.65. The third-order valence-electron chi connectivity index (χ3n) is 5.74. The highest BCUT2D eigenvalue weighted by molar-refractivity contribution is 4.95. The van der Waals surface area contributed by atoms with Crippen LogP contribution >= 0.6 is 0 Å². The van der Waals surface area contributed by atoms with Crippen molar-refractivity contribution in [3.8, 4) is 0 Å². The van der Waals surface area contributed by atoms with Gasteiger partial charge in [0.05, 0.1) is 26.4 Å². The van der Waals surface area contributed by atoms with Crippen molar-refractivity contribution in [1.29, 1.82) is 0 Å². The van der Waals surface area contributed by atoms with Gasteiger partial charge in [-0.1, -0.05) is 0 Å². The zero-order valence-corrected chi connectivity index (χ0v) is 17.9. The van der Waals surface area contributed by atoms with Gasteiger partial charge in [-0.15, -0.1) is 0 Å². The fraction of sp³-hybridized carbons (Fsp3) is 1.00. The molecule has 2 rings (SSSR count). The molecule has 12 N–H and O–H groups in total. The largest absolute Gasteiger partial charge is 0.394 e. The van der Waals surface area contributed by atoms with Gasteiger partial charge in [0.1, 0.15) is 73.2 Å². The lowest BCUT2D eigenvalue weighted by Gasteiger charge is -2.46. The molecule has 0 aromatic heterocycles. The molecule has 2 aliphatic rings. The second-order valence-corrected chi connectivity index (χ2v) is 8.10. The Morgan fingerprint density at radius 2 is 1.15 bits per heavy atom. The molecule has 0 amide bonds. The van der Waals surface area contributed by atoms with Crippen LogP contribution in [-0.4, -0.2) is 174 Å². The van der Waals surface area contributed by atoms with Gasteiger partial charge in [-0.3, -0.25) is 0 Å². The van der Waals surface area contributed by atoms with Crippen LogP contribution in [0.5, 0.6) is 0 Å². The number of hydrogen-bond acceptors (Lipinski definition) is 16. The van der Waals surface area contributed by atoms with Crippen LogP contribution < -0.4 is 0 Å². The predicted octanol–water partition coefficient (Wildman–Crippen LogP) is -7.94. The number of rotatable bonds is 11. The Bertz CT molecular complexity index is 594. The second kappa shape index (κ2) is 13.1. The molecule has 0 bridgehead atoms. The first-order chi connectivity index (χ1) is 16.0. The van der Waals surface area contributed by atoms with Gasteiger partial charge < -0.3 is 80.2 Å². The SMILES string of the molecule is OC[C@@H](O)[C@@H](O)[C@H](O[C@@H]1O[C@H](CO)[C@@H](O[C@@H]2O[C@H](CO)[C@@H](O)[C@H](O)[C@@H]2O)[C@H](O)[C@@H]1O)[C@H](O)CO. The Balaban J connectivity index is 2.17. The summed E-state index contributed by atoms with van der Waals surface area (Å²) in [5.74, 6) is 0. The van der Waals surface area contributed by atoms with Crippen LogP contribution in [0.15, 0.2) is 0 Å². The smallest absolute Gasteiger partial charge is 0.187 e. The van der Waals surface area contributed by atoms with Crippen LogP contribution in [0, 0.1) is 0 Å². The Morgan fingerprint density at radius 1 is 0.618 bits per heavy atom. The van der Waals surface area contributed by atoms with Gasteiger partial charge in [-0.25, -0.2) is 0 Å². The average Bonchev–Trinajstić information content (AvgIpc) is 2.84. The summed E-state index contributed by atoms with van der Waals surface area (Å²) < 4.78 is 21.2. The summed E-state index contributed by atoms with van der Waals surface area (Å²) in [7, 11) is 0. The van der Waals surface area contributed by atoms with Gasteiger partial charge in [0.25, 0.3) is 0 Å². The summed E-state index contributed by atoms with van der Waals surface area (Å²) >= 11 is 0. The number of aliphatic hydroxyl groups excluding tert-OH is 12. The maximum absolute atomic E-state index is 10.6. The third kappa shape index (κ3) is 6.37. The maximum atomic E-state index is 10.6. The molecule has 2 heterocycles. The van der Waals surface area contributed by atoms with E-state index in [2.05, 4.69) is 0 Å². The van der Waals surface area contributed by atoms with E-state index in [-0.39, 0.29) is 0 Å². The lowest BCUT2D eigenvalue weighted by atomic mass is 9.96. The highest BCUT2D eigenvalue weighted by Gasteiger charge is 2.51. The molecule has 34 heavy (non-hydrogen) atoms. The van der Waals surface area contributed by atoms with Crippen molar-refractivity contribution < 1.29 is 80.2 Å². The standard InChI is InChI=1S/C18H34O16/c19-1-5(23)9(25)15(6(24)2-20)33-18-14(30)12(28)16(8(4-22)32-18)34-17-13(29)11(27)10(26)7(3-21)31-17/h5-30H,1-4H2/t5-,6-,7-,8-,9-,10-,11+,12-,13+,14+,15-,16-,17+,18+/m1/s1. The van der Waals surface area contributed by atoms with Crippen LogP contribution in [0.25, 0.3) is 0 Å². The average molecular weight is 506 g/mol. The van der Waals surface area contributed by atoms with E-state index in [0.717, 1.165) is 0 Å². The van der Waals surface area contributed by atoms with E-state index in [1.54, 1.807) is 0 Å². The molecule has 202 valence electrons. The van der Waals surface area contributed by atoms with Crippen molar-refractivity contribution in [2.24, 2.45) is 0 Å². The topological polar surface area (TPSA) is 280 Å². The van der Waals surface area contributed by atoms with E-state index < -0.39 is 112 Å². The molecule has 16 heteroatoms. The van der Waals surface area contributed by atoms with Gasteiger partial charge in [0.15, 0.2) is 12.6 Å². The molecule has 14 atom stereocenters. The highest BCUT2D eigenvalue weighted by atomic mass is 16.7. The summed E-state index contributed by atoms with van der Waals surface area (Å²) in [6.45, 7) is -3.52. The molecule has 0 aromatic carbocycles. The molecule has 2 aliphatic heterocycles. The predicted molar refractivity (Wildman–Crippen MR) is 103 cm³/mol. The van der Waals surface area contributed by atoms with Crippen LogP contribution in [0.2, 0.25) is 0 Å². The Hall–Kier alpha value is -0.640. The van der Waals surface area contributed by atoms with Gasteiger partial charge in [0, 0.05) is 0 Å². The first-order valence-corrected chi connectivity index (χ1v) is 10.5. The Kier molecular flexibility index (Phi) is 11.4. The molecule has 0 spiro atoms. The molecule has 0 aliphatic carbocycles. The quantitative estimate of drug-likeness (QED) is 0.124. The van der Waals surface area contributed by atoms with Crippen LogP contribution in [0.3, 0.4) is 0 Å². The fourth-order valence-electron chi connectivity index (χ4n) is 3.65. The monoisotopic (exact) mass is 506 g/mol. The number of ether oxygens (including phenoxy) is 4. The van der Waals surface area contributed by atoms with E-state index in [9.17, 15) is 56.2 Å².